The molecule has 1 aromatic rings. The Labute approximate surface area is 56.4 Å². The van der Waals surface area contributed by atoms with E-state index < -0.39 is 0 Å². The maximum absolute atomic E-state index is 10.8. The van der Waals surface area contributed by atoms with Gasteiger partial charge in [-0.15, -0.1) is 10.2 Å². The maximum atomic E-state index is 10.8. The summed E-state index contributed by atoms with van der Waals surface area (Å²) in [7, 11) is 0. The van der Waals surface area contributed by atoms with E-state index in [2.05, 4.69) is 15.2 Å². The Morgan fingerprint density at radius 3 is 3.30 bits per heavy atom. The van der Waals surface area contributed by atoms with E-state index in [-0.39, 0.29) is 5.91 Å². The second-order valence-corrected chi connectivity index (χ2v) is 1.92. The Morgan fingerprint density at radius 2 is 2.50 bits per heavy atom. The van der Waals surface area contributed by atoms with Crippen molar-refractivity contribution in [2.45, 2.75) is 6.54 Å². The molecule has 5 nitrogen and oxygen atoms in total. The molecule has 1 amide bonds. The number of hydrogen-bond acceptors (Lipinski definition) is 3. The summed E-state index contributed by atoms with van der Waals surface area (Å²) < 4.78 is 1.65. The van der Waals surface area contributed by atoms with Gasteiger partial charge in [0.1, 0.15) is 6.33 Å². The third kappa shape index (κ3) is 0.570. The molecular weight excluding hydrogens is 132 g/mol. The number of fused-ring (bicyclic) bond motifs is 1. The van der Waals surface area contributed by atoms with Gasteiger partial charge >= 0.3 is 5.91 Å². The number of aliphatic imine (C=N–C) groups is 1. The van der Waals surface area contributed by atoms with Gasteiger partial charge in [0.25, 0.3) is 0 Å². The second-order valence-electron chi connectivity index (χ2n) is 1.92. The van der Waals surface area contributed by atoms with E-state index in [1.807, 2.05) is 0 Å². The lowest BCUT2D eigenvalue weighted by Gasteiger charge is -2.02. The van der Waals surface area contributed by atoms with Gasteiger partial charge in [-0.05, 0) is 0 Å². The number of rotatable bonds is 0. The lowest BCUT2D eigenvalue weighted by molar-refractivity contribution is 0.0986. The summed E-state index contributed by atoms with van der Waals surface area (Å²) in [6, 6.07) is 0. The molecule has 0 aromatic carbocycles. The fourth-order valence-corrected chi connectivity index (χ4v) is 0.824. The molecule has 2 rings (SSSR count). The fourth-order valence-electron chi connectivity index (χ4n) is 0.824. The lowest BCUT2D eigenvalue weighted by Crippen LogP contribution is -2.14. The first-order valence-corrected chi connectivity index (χ1v) is 2.82. The van der Waals surface area contributed by atoms with Gasteiger partial charge in [-0.3, -0.25) is 4.79 Å². The normalized spacial score (nSPS) is 15.4. The first-order valence-electron chi connectivity index (χ1n) is 2.82. The van der Waals surface area contributed by atoms with Crippen molar-refractivity contribution < 1.29 is 4.79 Å². The van der Waals surface area contributed by atoms with Crippen molar-refractivity contribution in [1.82, 2.24) is 14.8 Å². The van der Waals surface area contributed by atoms with Crippen LogP contribution in [0.3, 0.4) is 0 Å². The van der Waals surface area contributed by atoms with Crippen LogP contribution in [0, 0.1) is 0 Å². The minimum absolute atomic E-state index is 0.316. The highest BCUT2D eigenvalue weighted by molar-refractivity contribution is 5.97. The number of nitrogens with zero attached hydrogens (tertiary/aromatic N) is 4. The minimum atomic E-state index is -0.316. The highest BCUT2D eigenvalue weighted by Gasteiger charge is 2.14. The number of carbonyl (C=O) groups excluding carboxylic acids is 1. The van der Waals surface area contributed by atoms with E-state index in [9.17, 15) is 4.79 Å². The molecule has 1 aliphatic heterocycles. The molecule has 0 fully saturated rings. The monoisotopic (exact) mass is 136 g/mol. The summed E-state index contributed by atoms with van der Waals surface area (Å²) in [5.41, 5.74) is 0. The number of amides is 1. The van der Waals surface area contributed by atoms with Crippen molar-refractivity contribution in [2.75, 3.05) is 0 Å². The van der Waals surface area contributed by atoms with E-state index in [4.69, 9.17) is 0 Å². The van der Waals surface area contributed by atoms with Gasteiger partial charge in [-0.2, -0.15) is 0 Å². The highest BCUT2D eigenvalue weighted by Crippen LogP contribution is 2.00. The van der Waals surface area contributed by atoms with Crippen molar-refractivity contribution in [3.63, 3.8) is 0 Å². The Kier molecular flexibility index (Phi) is 0.913. The zero-order valence-electron chi connectivity index (χ0n) is 5.06. The predicted octanol–water partition coefficient (Wildman–Crippen LogP) is -0.497. The number of aromatic nitrogens is 3. The van der Waals surface area contributed by atoms with Gasteiger partial charge in [-0.25, -0.2) is 4.99 Å². The highest BCUT2D eigenvalue weighted by atomic mass is 16.1. The van der Waals surface area contributed by atoms with Gasteiger partial charge in [-0.1, -0.05) is 0 Å². The Morgan fingerprint density at radius 1 is 1.60 bits per heavy atom. The zero-order valence-corrected chi connectivity index (χ0v) is 5.06. The van der Waals surface area contributed by atoms with Crippen molar-refractivity contribution in [3.05, 3.63) is 12.2 Å². The van der Waals surface area contributed by atoms with Crippen LogP contribution in [0.4, 0.5) is 0 Å². The fraction of sp³-hybridized carbons (Fsp3) is 0.200. The molecule has 5 heteroatoms. The van der Waals surface area contributed by atoms with Crippen LogP contribution in [0.2, 0.25) is 0 Å². The summed E-state index contributed by atoms with van der Waals surface area (Å²) >= 11 is 0. The average molecular weight is 136 g/mol. The predicted molar refractivity (Wildman–Crippen MR) is 32.8 cm³/mol. The molecule has 0 saturated heterocycles. The van der Waals surface area contributed by atoms with Gasteiger partial charge in [0.2, 0.25) is 5.82 Å². The molecule has 1 aromatic heterocycles. The molecule has 0 spiro atoms. The first-order chi connectivity index (χ1) is 4.88. The third-order valence-corrected chi connectivity index (χ3v) is 1.29. The summed E-state index contributed by atoms with van der Waals surface area (Å²) in [6.45, 7) is 0.591. The Balaban J connectivity index is 2.58. The van der Waals surface area contributed by atoms with E-state index in [1.165, 1.54) is 6.33 Å². The van der Waals surface area contributed by atoms with E-state index >= 15 is 0 Å². The molecule has 0 aliphatic carbocycles. The van der Waals surface area contributed by atoms with Crippen LogP contribution in [0.15, 0.2) is 11.3 Å². The standard InChI is InChI=1S/C5H4N4O/c10-5-4-8-7-3-9(4)2-1-6-5/h1,3H,2H2. The molecular formula is C5H4N4O. The largest absolute Gasteiger partial charge is 0.314 e. The maximum Gasteiger partial charge on any atom is 0.314 e. The summed E-state index contributed by atoms with van der Waals surface area (Å²) in [5.74, 6) is 0.00579. The second kappa shape index (κ2) is 1.73. The molecule has 10 heavy (non-hydrogen) atoms. The molecule has 2 heterocycles. The van der Waals surface area contributed by atoms with Crippen LogP contribution < -0.4 is 0 Å². The van der Waals surface area contributed by atoms with Crippen LogP contribution >= 0.6 is 0 Å². The molecule has 0 unspecified atom stereocenters. The van der Waals surface area contributed by atoms with Gasteiger partial charge in [0.15, 0.2) is 0 Å². The van der Waals surface area contributed by atoms with Gasteiger partial charge in [0, 0.05) is 6.21 Å². The van der Waals surface area contributed by atoms with Crippen LogP contribution in [0.25, 0.3) is 0 Å². The molecule has 0 atom stereocenters. The third-order valence-electron chi connectivity index (χ3n) is 1.29. The van der Waals surface area contributed by atoms with Crippen molar-refractivity contribution >= 4 is 12.1 Å². The van der Waals surface area contributed by atoms with E-state index in [0.29, 0.717) is 12.4 Å². The van der Waals surface area contributed by atoms with Crippen LogP contribution in [-0.2, 0) is 6.54 Å². The van der Waals surface area contributed by atoms with Crippen LogP contribution in [0.1, 0.15) is 10.6 Å². The lowest BCUT2D eigenvalue weighted by atomic mass is 10.5. The van der Waals surface area contributed by atoms with E-state index in [1.54, 1.807) is 10.8 Å². The van der Waals surface area contributed by atoms with Crippen LogP contribution in [0.5, 0.6) is 0 Å². The van der Waals surface area contributed by atoms with Gasteiger partial charge in [0.05, 0.1) is 6.54 Å². The van der Waals surface area contributed by atoms with Crippen molar-refractivity contribution in [1.29, 1.82) is 0 Å². The SMILES string of the molecule is O=C1N=CCn2cnnc21. The molecule has 0 N–H and O–H groups in total. The Bertz CT molecular complexity index is 300. The van der Waals surface area contributed by atoms with Crippen molar-refractivity contribution in [2.24, 2.45) is 4.99 Å². The molecule has 0 bridgehead atoms. The number of hydrogen-bond donors (Lipinski definition) is 0. The molecule has 0 saturated carbocycles. The summed E-state index contributed by atoms with van der Waals surface area (Å²) in [5, 5.41) is 7.15. The topological polar surface area (TPSA) is 60.1 Å². The van der Waals surface area contributed by atoms with E-state index in [0.717, 1.165) is 0 Å². The summed E-state index contributed by atoms with van der Waals surface area (Å²) in [4.78, 5) is 14.4. The van der Waals surface area contributed by atoms with Crippen molar-refractivity contribution in [3.8, 4) is 0 Å². The molecule has 1 aliphatic rings. The molecule has 0 radical (unpaired) electrons. The number of carbonyl (C=O) groups is 1. The summed E-state index contributed by atoms with van der Waals surface area (Å²) in [6.07, 6.45) is 3.05. The van der Waals surface area contributed by atoms with Crippen LogP contribution in [-0.4, -0.2) is 26.9 Å². The zero-order chi connectivity index (χ0) is 6.97. The first kappa shape index (κ1) is 5.28. The average Bonchev–Trinajstić information content (AvgIpc) is 2.36. The quantitative estimate of drug-likeness (QED) is 0.483. The minimum Gasteiger partial charge on any atom is -0.304 e. The van der Waals surface area contributed by atoms with Gasteiger partial charge < -0.3 is 4.57 Å². The molecule has 50 valence electrons. The smallest absolute Gasteiger partial charge is 0.304 e. The Hall–Kier alpha value is -1.52.